The normalized spacial score (nSPS) is 14.6. The van der Waals surface area contributed by atoms with Crippen molar-refractivity contribution in [2.24, 2.45) is 11.5 Å². The standard InChI is InChI=1S/C16H21N3O2S/c1-10(9-17)15(19-16(18)20)22-13-8-4-6-11-5-3-7-12(21-2)14(11)13/h3,5,7-8H,4,6,9,17H2,1-2H3,(H3,18,19,20)/b15-10+. The Morgan fingerprint density at radius 1 is 1.45 bits per heavy atom. The first-order chi connectivity index (χ1) is 10.6. The maximum Gasteiger partial charge on any atom is 0.317 e. The lowest BCUT2D eigenvalue weighted by atomic mass is 9.96. The van der Waals surface area contributed by atoms with E-state index in [1.807, 2.05) is 19.1 Å². The van der Waals surface area contributed by atoms with Crippen LogP contribution in [0.1, 0.15) is 24.5 Å². The van der Waals surface area contributed by atoms with Crippen LogP contribution in [0.2, 0.25) is 0 Å². The van der Waals surface area contributed by atoms with Gasteiger partial charge >= 0.3 is 6.03 Å². The molecular weight excluding hydrogens is 298 g/mol. The summed E-state index contributed by atoms with van der Waals surface area (Å²) in [5.74, 6) is 0.833. The van der Waals surface area contributed by atoms with Crippen LogP contribution in [-0.2, 0) is 6.42 Å². The SMILES string of the molecule is COc1cccc2c1C(S/C(NC(N)=O)=C(\C)CN)=CCC2. The number of primary amides is 1. The number of allylic oxidation sites excluding steroid dienone is 1. The van der Waals surface area contributed by atoms with Gasteiger partial charge in [0.1, 0.15) is 5.75 Å². The number of nitrogens with one attached hydrogen (secondary N) is 1. The van der Waals surface area contributed by atoms with Gasteiger partial charge in [0.15, 0.2) is 0 Å². The van der Waals surface area contributed by atoms with Gasteiger partial charge in [-0.15, -0.1) is 0 Å². The van der Waals surface area contributed by atoms with Gasteiger partial charge in [-0.3, -0.25) is 0 Å². The van der Waals surface area contributed by atoms with Gasteiger partial charge in [-0.05, 0) is 37.0 Å². The Balaban J connectivity index is 2.38. The summed E-state index contributed by atoms with van der Waals surface area (Å²) in [7, 11) is 1.66. The molecule has 6 heteroatoms. The molecule has 0 aromatic heterocycles. The molecule has 0 unspecified atom stereocenters. The third-order valence-electron chi connectivity index (χ3n) is 3.46. The molecule has 5 N–H and O–H groups in total. The fraction of sp³-hybridized carbons (Fsp3) is 0.312. The van der Waals surface area contributed by atoms with E-state index in [9.17, 15) is 4.79 Å². The van der Waals surface area contributed by atoms with Crippen LogP contribution in [0.25, 0.3) is 4.91 Å². The number of thioether (sulfide) groups is 1. The second-order valence-corrected chi connectivity index (χ2v) is 6.06. The zero-order chi connectivity index (χ0) is 16.1. The first kappa shape index (κ1) is 16.5. The van der Waals surface area contributed by atoms with Gasteiger partial charge in [0.2, 0.25) is 0 Å². The summed E-state index contributed by atoms with van der Waals surface area (Å²) in [6.45, 7) is 2.24. The van der Waals surface area contributed by atoms with Crippen molar-refractivity contribution in [3.05, 3.63) is 46.0 Å². The molecule has 2 rings (SSSR count). The lowest BCUT2D eigenvalue weighted by molar-refractivity contribution is 0.251. The van der Waals surface area contributed by atoms with Crippen molar-refractivity contribution in [1.82, 2.24) is 5.32 Å². The monoisotopic (exact) mass is 319 g/mol. The summed E-state index contributed by atoms with van der Waals surface area (Å²) >= 11 is 1.47. The number of carbonyl (C=O) groups is 1. The first-order valence-electron chi connectivity index (χ1n) is 7.07. The van der Waals surface area contributed by atoms with Gasteiger partial charge < -0.3 is 21.5 Å². The number of aryl methyl sites for hydroxylation is 1. The molecule has 0 fully saturated rings. The molecule has 1 aliphatic rings. The molecule has 22 heavy (non-hydrogen) atoms. The van der Waals surface area contributed by atoms with E-state index >= 15 is 0 Å². The Kier molecular flexibility index (Phi) is 5.51. The molecule has 0 saturated carbocycles. The minimum absolute atomic E-state index is 0.356. The second kappa shape index (κ2) is 7.38. The fourth-order valence-electron chi connectivity index (χ4n) is 2.32. The van der Waals surface area contributed by atoms with Crippen molar-refractivity contribution in [2.75, 3.05) is 13.7 Å². The Morgan fingerprint density at radius 3 is 2.86 bits per heavy atom. The molecule has 118 valence electrons. The Labute approximate surface area is 134 Å². The molecule has 0 radical (unpaired) electrons. The quantitative estimate of drug-likeness (QED) is 0.778. The first-order valence-corrected chi connectivity index (χ1v) is 7.89. The minimum Gasteiger partial charge on any atom is -0.496 e. The van der Waals surface area contributed by atoms with Crippen molar-refractivity contribution in [1.29, 1.82) is 0 Å². The van der Waals surface area contributed by atoms with Crippen LogP contribution in [0, 0.1) is 0 Å². The zero-order valence-corrected chi connectivity index (χ0v) is 13.6. The summed E-state index contributed by atoms with van der Waals surface area (Å²) in [5.41, 5.74) is 14.2. The molecule has 2 amide bonds. The average molecular weight is 319 g/mol. The Hall–Kier alpha value is -1.92. The van der Waals surface area contributed by atoms with Crippen LogP contribution in [-0.4, -0.2) is 19.7 Å². The van der Waals surface area contributed by atoms with Crippen LogP contribution >= 0.6 is 11.8 Å². The fourth-order valence-corrected chi connectivity index (χ4v) is 3.49. The number of hydrogen-bond acceptors (Lipinski definition) is 4. The molecule has 1 aliphatic carbocycles. The molecule has 0 bridgehead atoms. The Morgan fingerprint density at radius 2 is 2.23 bits per heavy atom. The van der Waals surface area contributed by atoms with E-state index in [0.717, 1.165) is 34.6 Å². The van der Waals surface area contributed by atoms with E-state index in [4.69, 9.17) is 16.2 Å². The largest absolute Gasteiger partial charge is 0.496 e. The van der Waals surface area contributed by atoms with Crippen molar-refractivity contribution < 1.29 is 9.53 Å². The number of carbonyl (C=O) groups excluding carboxylic acids is 1. The van der Waals surface area contributed by atoms with Gasteiger partial charge in [-0.1, -0.05) is 30.0 Å². The molecule has 1 aromatic rings. The highest BCUT2D eigenvalue weighted by Gasteiger charge is 2.20. The number of methoxy groups -OCH3 is 1. The predicted octanol–water partition coefficient (Wildman–Crippen LogP) is 2.57. The lowest BCUT2D eigenvalue weighted by Gasteiger charge is -2.21. The number of ether oxygens (including phenoxy) is 1. The van der Waals surface area contributed by atoms with Crippen LogP contribution in [0.4, 0.5) is 4.79 Å². The highest BCUT2D eigenvalue weighted by Crippen LogP contribution is 2.43. The average Bonchev–Trinajstić information content (AvgIpc) is 2.52. The van der Waals surface area contributed by atoms with E-state index in [-0.39, 0.29) is 0 Å². The number of urea groups is 1. The second-order valence-electron chi connectivity index (χ2n) is 5.01. The highest BCUT2D eigenvalue weighted by atomic mass is 32.2. The van der Waals surface area contributed by atoms with E-state index in [1.165, 1.54) is 17.3 Å². The van der Waals surface area contributed by atoms with Crippen LogP contribution in [0.3, 0.4) is 0 Å². The summed E-state index contributed by atoms with van der Waals surface area (Å²) in [6.07, 6.45) is 4.09. The van der Waals surface area contributed by atoms with Gasteiger partial charge in [-0.2, -0.15) is 0 Å². The maximum atomic E-state index is 11.2. The summed E-state index contributed by atoms with van der Waals surface area (Å²) in [5, 5.41) is 3.35. The third kappa shape index (κ3) is 3.64. The highest BCUT2D eigenvalue weighted by molar-refractivity contribution is 8.11. The smallest absolute Gasteiger partial charge is 0.317 e. The molecule has 1 aromatic carbocycles. The molecule has 0 atom stereocenters. The van der Waals surface area contributed by atoms with Crippen molar-refractivity contribution in [3.63, 3.8) is 0 Å². The lowest BCUT2D eigenvalue weighted by Crippen LogP contribution is -2.29. The van der Waals surface area contributed by atoms with E-state index < -0.39 is 6.03 Å². The van der Waals surface area contributed by atoms with Crippen molar-refractivity contribution in [2.45, 2.75) is 19.8 Å². The van der Waals surface area contributed by atoms with Crippen molar-refractivity contribution >= 4 is 22.7 Å². The predicted molar refractivity (Wildman–Crippen MR) is 91.4 cm³/mol. The van der Waals surface area contributed by atoms with Gasteiger partial charge in [0.25, 0.3) is 0 Å². The number of hydrogen-bond donors (Lipinski definition) is 3. The number of amides is 2. The number of rotatable bonds is 5. The van der Waals surface area contributed by atoms with E-state index in [1.54, 1.807) is 7.11 Å². The van der Waals surface area contributed by atoms with Gasteiger partial charge in [0, 0.05) is 17.0 Å². The third-order valence-corrected chi connectivity index (χ3v) is 4.71. The number of benzene rings is 1. The van der Waals surface area contributed by atoms with E-state index in [0.29, 0.717) is 11.6 Å². The Bertz CT molecular complexity index is 638. The van der Waals surface area contributed by atoms with Crippen LogP contribution < -0.4 is 21.5 Å². The molecular formula is C16H21N3O2S. The van der Waals surface area contributed by atoms with E-state index in [2.05, 4.69) is 17.5 Å². The molecule has 0 saturated heterocycles. The van der Waals surface area contributed by atoms with Crippen LogP contribution in [0.5, 0.6) is 5.75 Å². The minimum atomic E-state index is -0.591. The molecule has 0 heterocycles. The topological polar surface area (TPSA) is 90.4 Å². The number of nitrogens with two attached hydrogens (primary N) is 2. The summed E-state index contributed by atoms with van der Waals surface area (Å²) in [6, 6.07) is 5.45. The summed E-state index contributed by atoms with van der Waals surface area (Å²) in [4.78, 5) is 12.3. The van der Waals surface area contributed by atoms with Gasteiger partial charge in [0.05, 0.1) is 12.1 Å². The molecule has 0 spiro atoms. The summed E-state index contributed by atoms with van der Waals surface area (Å²) < 4.78 is 5.49. The van der Waals surface area contributed by atoms with Crippen LogP contribution in [0.15, 0.2) is 34.9 Å². The molecule has 5 nitrogen and oxygen atoms in total. The molecule has 0 aliphatic heterocycles. The number of fused-ring (bicyclic) bond motifs is 1. The maximum absolute atomic E-state index is 11.2. The van der Waals surface area contributed by atoms with Crippen molar-refractivity contribution in [3.8, 4) is 5.75 Å². The van der Waals surface area contributed by atoms with Gasteiger partial charge in [-0.25, -0.2) is 4.79 Å². The zero-order valence-electron chi connectivity index (χ0n) is 12.8.